The van der Waals surface area contributed by atoms with E-state index in [1.807, 2.05) is 50.2 Å². The highest BCUT2D eigenvalue weighted by Gasteiger charge is 2.43. The summed E-state index contributed by atoms with van der Waals surface area (Å²) in [5.41, 5.74) is 11.7. The summed E-state index contributed by atoms with van der Waals surface area (Å²) in [5.74, 6) is 0.406. The number of fused-ring (bicyclic) bond motifs is 3. The van der Waals surface area contributed by atoms with Gasteiger partial charge in [-0.25, -0.2) is 0 Å². The van der Waals surface area contributed by atoms with Crippen molar-refractivity contribution in [3.8, 4) is 64.2 Å². The standard InChI is InChI=1S/C20H19N3O4.C20H18N2O4.C19H18N2O3.C16H21NO7/c1-3-27-17-11-12(7-8-16(17)26-2)15(9-10-21)23-19(24)13-5-4-6-14(22)18(13)20(23)25;1-3-26-18-12-13(8-9-17(18)25-2)16(10-11-21)22-19(23)14-6-4-5-7-15(14)20(22)24;1-23-17-8-7-13(11-18(17)24-2)16(9-10-20)21-12-14-5-3-4-6-15(14)19(21)22;1-22-12-5-4-10(8-13(12)23-2)11(9-16(21)24-3)17-14(18)6-7-15(19)20/h4-8,11,15H,3,9,22H2,1-2H3;4-9,12,16H,3,10H2,1-2H3;3-8,11,16H,9,12H2,1-2H3;4-5,8,11H,6-7,9H2,1-3H3,(H,17,18)(H,19,20). The molecule has 0 bridgehead atoms. The third-order valence-corrected chi connectivity index (χ3v) is 16.4. The van der Waals surface area contributed by atoms with Gasteiger partial charge in [0.25, 0.3) is 29.5 Å². The number of carbonyl (C=O) groups excluding carboxylic acids is 7. The van der Waals surface area contributed by atoms with E-state index in [0.29, 0.717) is 99.1 Å². The molecule has 7 aromatic carbocycles. The number of anilines is 1. The molecular weight excluding hydrogens is 1300 g/mol. The quantitative estimate of drug-likeness (QED) is 0.0257. The molecule has 6 amide bonds. The number of nitrogens with one attached hydrogen (secondary N) is 1. The lowest BCUT2D eigenvalue weighted by molar-refractivity contribution is -0.142. The molecule has 3 aliphatic rings. The van der Waals surface area contributed by atoms with Crippen LogP contribution in [0.25, 0.3) is 0 Å². The Morgan fingerprint density at radius 1 is 0.485 bits per heavy atom. The lowest BCUT2D eigenvalue weighted by Gasteiger charge is -2.27. The number of carboxylic acids is 1. The molecule has 0 saturated heterocycles. The van der Waals surface area contributed by atoms with Crippen LogP contribution in [0.2, 0.25) is 0 Å². The third kappa shape index (κ3) is 17.8. The van der Waals surface area contributed by atoms with E-state index in [9.17, 15) is 54.1 Å². The second-order valence-corrected chi connectivity index (χ2v) is 22.2. The zero-order valence-electron chi connectivity index (χ0n) is 57.1. The summed E-state index contributed by atoms with van der Waals surface area (Å²) < 4.78 is 47.3. The second-order valence-electron chi connectivity index (χ2n) is 22.2. The lowest BCUT2D eigenvalue weighted by Crippen LogP contribution is -2.34. The normalized spacial score (nSPS) is 13.3. The van der Waals surface area contributed by atoms with Gasteiger partial charge in [0.1, 0.15) is 0 Å². The summed E-state index contributed by atoms with van der Waals surface area (Å²) in [4.78, 5) is 102. The van der Waals surface area contributed by atoms with Gasteiger partial charge in [-0.05, 0) is 121 Å². The fourth-order valence-electron chi connectivity index (χ4n) is 11.5. The Morgan fingerprint density at radius 3 is 1.34 bits per heavy atom. The van der Waals surface area contributed by atoms with Gasteiger partial charge in [0.2, 0.25) is 5.91 Å². The SMILES string of the molecule is CCOc1cc(C(CC#N)N2C(=O)c3cccc(N)c3C2=O)ccc1OC.CCOc1cc(C(CC#N)N2C(=O)c3ccccc3C2=O)ccc1OC.COC(=O)CC(NC(=O)CCC(=O)O)c1ccc(OC)c(OC)c1.COc1ccc(C(CC#N)N2Cc3ccccc3C2=O)cc1OC. The van der Waals surface area contributed by atoms with E-state index in [2.05, 4.69) is 28.3 Å². The van der Waals surface area contributed by atoms with Gasteiger partial charge in [0, 0.05) is 24.2 Å². The van der Waals surface area contributed by atoms with E-state index in [-0.39, 0.29) is 79.1 Å². The van der Waals surface area contributed by atoms with Crippen LogP contribution in [-0.4, -0.2) is 130 Å². The Bertz CT molecular complexity index is 4310. The molecule has 26 heteroatoms. The zero-order valence-corrected chi connectivity index (χ0v) is 57.1. The predicted molar refractivity (Wildman–Crippen MR) is 365 cm³/mol. The maximum atomic E-state index is 12.9. The average Bonchev–Trinajstić information content (AvgIpc) is 1.62. The van der Waals surface area contributed by atoms with Gasteiger partial charge in [-0.2, -0.15) is 15.8 Å². The number of methoxy groups -OCH3 is 7. The molecule has 3 aliphatic heterocycles. The van der Waals surface area contributed by atoms with Crippen LogP contribution in [0.1, 0.15) is 156 Å². The van der Waals surface area contributed by atoms with Crippen molar-refractivity contribution in [3.63, 3.8) is 0 Å². The molecule has 0 fully saturated rings. The van der Waals surface area contributed by atoms with Crippen molar-refractivity contribution >= 4 is 53.1 Å². The van der Waals surface area contributed by atoms with E-state index >= 15 is 0 Å². The van der Waals surface area contributed by atoms with Crippen molar-refractivity contribution in [2.45, 2.75) is 83.1 Å². The fourth-order valence-corrected chi connectivity index (χ4v) is 11.5. The van der Waals surface area contributed by atoms with Crippen molar-refractivity contribution in [3.05, 3.63) is 195 Å². The number of nitrogen functional groups attached to an aromatic ring is 1. The summed E-state index contributed by atoms with van der Waals surface area (Å²) in [7, 11) is 10.4. The number of ether oxygens (including phenoxy) is 9. The summed E-state index contributed by atoms with van der Waals surface area (Å²) in [6.07, 6.45) is -0.407. The Balaban J connectivity index is 0.000000189. The molecule has 4 N–H and O–H groups in total. The molecule has 7 aromatic rings. The molecule has 3 heterocycles. The van der Waals surface area contributed by atoms with Crippen molar-refractivity contribution in [2.24, 2.45) is 0 Å². The maximum Gasteiger partial charge on any atom is 0.307 e. The Labute approximate surface area is 583 Å². The number of nitrogens with zero attached hydrogens (tertiary/aromatic N) is 6. The number of benzene rings is 7. The van der Waals surface area contributed by atoms with Gasteiger partial charge in [0.05, 0.1) is 160 Å². The number of aliphatic carboxylic acids is 1. The Morgan fingerprint density at radius 2 is 0.891 bits per heavy atom. The van der Waals surface area contributed by atoms with Gasteiger partial charge in [-0.3, -0.25) is 48.2 Å². The number of hydrogen-bond acceptors (Lipinski definition) is 21. The molecule has 0 radical (unpaired) electrons. The molecule has 0 aromatic heterocycles. The second kappa shape index (κ2) is 36.1. The van der Waals surface area contributed by atoms with Crippen molar-refractivity contribution in [1.82, 2.24) is 20.0 Å². The van der Waals surface area contributed by atoms with Crippen LogP contribution in [-0.2, 0) is 25.7 Å². The van der Waals surface area contributed by atoms with Crippen LogP contribution in [0.15, 0.2) is 140 Å². The molecule has 0 aliphatic carbocycles. The van der Waals surface area contributed by atoms with Crippen LogP contribution in [0, 0.1) is 34.0 Å². The first-order valence-corrected chi connectivity index (χ1v) is 31.6. The highest BCUT2D eigenvalue weighted by molar-refractivity contribution is 6.24. The van der Waals surface area contributed by atoms with Gasteiger partial charge >= 0.3 is 11.9 Å². The lowest BCUT2D eigenvalue weighted by atomic mass is 10.0. The van der Waals surface area contributed by atoms with E-state index in [4.69, 9.17) is 48.7 Å². The number of imide groups is 2. The highest BCUT2D eigenvalue weighted by atomic mass is 16.5. The molecule has 4 unspecified atom stereocenters. The first-order chi connectivity index (χ1) is 48.7. The topological polar surface area (TPSA) is 359 Å². The summed E-state index contributed by atoms with van der Waals surface area (Å²) in [6.45, 7) is 5.06. The third-order valence-electron chi connectivity index (χ3n) is 16.4. The summed E-state index contributed by atoms with van der Waals surface area (Å²) in [5, 5.41) is 39.1. The van der Waals surface area contributed by atoms with Gasteiger partial charge in [-0.15, -0.1) is 0 Å². The Kier molecular flexibility index (Phi) is 27.1. The average molecular weight is 1380 g/mol. The van der Waals surface area contributed by atoms with E-state index in [1.165, 1.54) is 35.5 Å². The first-order valence-electron chi connectivity index (χ1n) is 31.6. The highest BCUT2D eigenvalue weighted by Crippen LogP contribution is 2.42. The smallest absolute Gasteiger partial charge is 0.307 e. The minimum absolute atomic E-state index is 0.0106. The van der Waals surface area contributed by atoms with Gasteiger partial charge in [0.15, 0.2) is 46.0 Å². The number of esters is 1. The molecule has 10 rings (SSSR count). The van der Waals surface area contributed by atoms with E-state index in [0.717, 1.165) is 20.9 Å². The molecule has 26 nitrogen and oxygen atoms in total. The molecule has 0 saturated carbocycles. The van der Waals surface area contributed by atoms with Crippen molar-refractivity contribution in [2.75, 3.05) is 68.7 Å². The zero-order chi connectivity index (χ0) is 73.4. The Hall–Kier alpha value is -12.6. The number of nitrogens with two attached hydrogens (primary N) is 1. The van der Waals surface area contributed by atoms with Crippen LogP contribution in [0.4, 0.5) is 5.69 Å². The van der Waals surface area contributed by atoms with Gasteiger partial charge < -0.3 is 63.7 Å². The van der Waals surface area contributed by atoms with Crippen LogP contribution in [0.3, 0.4) is 0 Å². The molecule has 524 valence electrons. The van der Waals surface area contributed by atoms with E-state index < -0.39 is 47.8 Å². The minimum Gasteiger partial charge on any atom is -0.493 e. The molecule has 101 heavy (non-hydrogen) atoms. The monoisotopic (exact) mass is 1380 g/mol. The largest absolute Gasteiger partial charge is 0.493 e. The summed E-state index contributed by atoms with van der Waals surface area (Å²) in [6, 6.07) is 43.6. The predicted octanol–water partition coefficient (Wildman–Crippen LogP) is 10.9. The van der Waals surface area contributed by atoms with Crippen LogP contribution < -0.4 is 48.9 Å². The molecule has 0 spiro atoms. The number of amides is 6. The van der Waals surface area contributed by atoms with Crippen LogP contribution in [0.5, 0.6) is 46.0 Å². The summed E-state index contributed by atoms with van der Waals surface area (Å²) >= 11 is 0. The molecular formula is C75H76N8O18. The number of carboxylic acid groups (broad SMARTS) is 1. The van der Waals surface area contributed by atoms with Gasteiger partial charge in [-0.1, -0.05) is 60.7 Å². The first kappa shape index (κ1) is 75.7. The fraction of sp³-hybridized carbons (Fsp3) is 0.293. The van der Waals surface area contributed by atoms with Crippen LogP contribution >= 0.6 is 0 Å². The number of hydrogen-bond donors (Lipinski definition) is 3. The maximum absolute atomic E-state index is 12.9. The number of nitriles is 3. The number of carbonyl (C=O) groups is 8. The van der Waals surface area contributed by atoms with E-state index in [1.54, 1.807) is 122 Å². The van der Waals surface area contributed by atoms with Crippen molar-refractivity contribution in [1.29, 1.82) is 15.8 Å². The minimum atomic E-state index is -1.07. The molecule has 4 atom stereocenters. The number of rotatable bonds is 26. The van der Waals surface area contributed by atoms with Crippen molar-refractivity contribution < 1.29 is 86.1 Å².